The Balaban J connectivity index is 1.24. The van der Waals surface area contributed by atoms with E-state index >= 15 is 0 Å². The highest BCUT2D eigenvalue weighted by atomic mass is 16.5. The highest BCUT2D eigenvalue weighted by Crippen LogP contribution is 2.33. The zero-order chi connectivity index (χ0) is 27.9. The average Bonchev–Trinajstić information content (AvgIpc) is 3.02. The molecule has 0 spiro atoms. The van der Waals surface area contributed by atoms with Crippen LogP contribution in [0.15, 0.2) is 48.8 Å². The first-order valence-electron chi connectivity index (χ1n) is 13.7. The highest BCUT2D eigenvalue weighted by Gasteiger charge is 2.26. The molecule has 0 aliphatic carbocycles. The molecule has 2 aliphatic heterocycles. The molecule has 0 radical (unpaired) electrons. The van der Waals surface area contributed by atoms with E-state index in [1.54, 1.807) is 38.6 Å². The first-order valence-corrected chi connectivity index (χ1v) is 13.7. The summed E-state index contributed by atoms with van der Waals surface area (Å²) >= 11 is 0. The number of benzene rings is 2. The van der Waals surface area contributed by atoms with E-state index in [-0.39, 0.29) is 6.61 Å². The van der Waals surface area contributed by atoms with Crippen molar-refractivity contribution in [2.75, 3.05) is 63.3 Å². The van der Waals surface area contributed by atoms with Crippen LogP contribution in [0.2, 0.25) is 0 Å². The van der Waals surface area contributed by atoms with E-state index in [9.17, 15) is 10.4 Å². The molecular weight excluding hydrogens is 508 g/mol. The van der Waals surface area contributed by atoms with Crippen molar-refractivity contribution in [1.82, 2.24) is 14.9 Å². The number of nitrogens with one attached hydrogen (secondary N) is 1. The van der Waals surface area contributed by atoms with Crippen molar-refractivity contribution in [2.24, 2.45) is 0 Å². The molecule has 2 fully saturated rings. The van der Waals surface area contributed by atoms with Crippen LogP contribution >= 0.6 is 0 Å². The molecule has 2 N–H and O–H groups in total. The predicted molar refractivity (Wildman–Crippen MR) is 153 cm³/mol. The molecule has 2 aliphatic rings. The number of aliphatic hydroxyl groups excluding tert-OH is 1. The number of aromatic nitrogens is 2. The Bertz CT molecular complexity index is 1310. The third kappa shape index (κ3) is 6.45. The van der Waals surface area contributed by atoms with Gasteiger partial charge in [0.1, 0.15) is 23.7 Å². The summed E-state index contributed by atoms with van der Waals surface area (Å²) in [5, 5.41) is 22.0. The van der Waals surface area contributed by atoms with Gasteiger partial charge in [0.15, 0.2) is 0 Å². The smallest absolute Gasteiger partial charge is 0.227 e. The maximum Gasteiger partial charge on any atom is 0.227 e. The lowest BCUT2D eigenvalue weighted by Gasteiger charge is -2.40. The standard InChI is InChI=1S/C30H36N6O4/c1-21(20-37)40-28-15-22(3-4-23(28)17-31)24-18-32-30(33-19-24)34-27-6-5-26(16-29(27)38-2)35-9-7-25(8-10-35)36-11-13-39-14-12-36/h3-6,15-16,18-19,21,25,37H,7-14,20H2,1-2H3,(H,32,33,34)/t21-/m0/s1. The van der Waals surface area contributed by atoms with Gasteiger partial charge in [-0.2, -0.15) is 5.26 Å². The van der Waals surface area contributed by atoms with Gasteiger partial charge < -0.3 is 29.5 Å². The summed E-state index contributed by atoms with van der Waals surface area (Å²) in [5.41, 5.74) is 3.92. The first kappa shape index (κ1) is 27.6. The number of rotatable bonds is 9. The molecule has 10 nitrogen and oxygen atoms in total. The maximum atomic E-state index is 9.39. The summed E-state index contributed by atoms with van der Waals surface area (Å²) in [5.74, 6) is 1.59. The molecule has 3 aromatic rings. The summed E-state index contributed by atoms with van der Waals surface area (Å²) in [6.07, 6.45) is 5.31. The minimum atomic E-state index is -0.423. The van der Waals surface area contributed by atoms with Gasteiger partial charge in [0.05, 0.1) is 38.2 Å². The van der Waals surface area contributed by atoms with Gasteiger partial charge in [0.25, 0.3) is 0 Å². The van der Waals surface area contributed by atoms with Crippen LogP contribution in [-0.4, -0.2) is 85.2 Å². The fraction of sp³-hybridized carbons (Fsp3) is 0.433. The Labute approximate surface area is 235 Å². The van der Waals surface area contributed by atoms with Crippen LogP contribution < -0.4 is 19.7 Å². The molecule has 210 valence electrons. The number of morpholine rings is 1. The summed E-state index contributed by atoms with van der Waals surface area (Å²) in [6.45, 7) is 7.39. The van der Waals surface area contributed by atoms with E-state index in [0.717, 1.165) is 80.5 Å². The van der Waals surface area contributed by atoms with Gasteiger partial charge in [-0.25, -0.2) is 9.97 Å². The summed E-state index contributed by atoms with van der Waals surface area (Å²) in [4.78, 5) is 14.0. The zero-order valence-electron chi connectivity index (χ0n) is 23.0. The molecule has 5 rings (SSSR count). The molecule has 2 saturated heterocycles. The molecule has 0 saturated carbocycles. The number of nitrogens with zero attached hydrogens (tertiary/aromatic N) is 5. The fourth-order valence-electron chi connectivity index (χ4n) is 5.22. The molecule has 40 heavy (non-hydrogen) atoms. The van der Waals surface area contributed by atoms with Crippen molar-refractivity contribution < 1.29 is 19.3 Å². The van der Waals surface area contributed by atoms with Crippen LogP contribution in [0.25, 0.3) is 11.1 Å². The van der Waals surface area contributed by atoms with Crippen molar-refractivity contribution in [3.05, 3.63) is 54.4 Å². The lowest BCUT2D eigenvalue weighted by molar-refractivity contribution is 0.0115. The van der Waals surface area contributed by atoms with Crippen LogP contribution in [-0.2, 0) is 4.74 Å². The summed E-state index contributed by atoms with van der Waals surface area (Å²) in [7, 11) is 1.67. The lowest BCUT2D eigenvalue weighted by atomic mass is 10.0. The van der Waals surface area contributed by atoms with Gasteiger partial charge in [-0.1, -0.05) is 6.07 Å². The lowest BCUT2D eigenvalue weighted by Crippen LogP contribution is -2.49. The molecule has 2 aromatic carbocycles. The molecule has 3 heterocycles. The summed E-state index contributed by atoms with van der Waals surface area (Å²) < 4.78 is 16.9. The number of aliphatic hydroxyl groups is 1. The van der Waals surface area contributed by atoms with Gasteiger partial charge in [-0.3, -0.25) is 4.90 Å². The second kappa shape index (κ2) is 13.0. The Morgan fingerprint density at radius 3 is 2.48 bits per heavy atom. The topological polar surface area (TPSA) is 116 Å². The second-order valence-corrected chi connectivity index (χ2v) is 10.1. The normalized spacial score (nSPS) is 17.2. The number of methoxy groups -OCH3 is 1. The molecule has 1 atom stereocenters. The van der Waals surface area contributed by atoms with Crippen LogP contribution in [0.1, 0.15) is 25.3 Å². The van der Waals surface area contributed by atoms with E-state index in [1.165, 1.54) is 0 Å². The third-order valence-electron chi connectivity index (χ3n) is 7.50. The number of nitriles is 1. The van der Waals surface area contributed by atoms with E-state index in [4.69, 9.17) is 14.2 Å². The number of hydrogen-bond acceptors (Lipinski definition) is 10. The number of piperidine rings is 1. The monoisotopic (exact) mass is 544 g/mol. The molecular formula is C30H36N6O4. The molecule has 10 heteroatoms. The van der Waals surface area contributed by atoms with Crippen LogP contribution in [0, 0.1) is 11.3 Å². The van der Waals surface area contributed by atoms with E-state index in [0.29, 0.717) is 23.3 Å². The van der Waals surface area contributed by atoms with Gasteiger partial charge in [0.2, 0.25) is 5.95 Å². The quantitative estimate of drug-likeness (QED) is 0.412. The van der Waals surface area contributed by atoms with Gasteiger partial charge in [0, 0.05) is 61.9 Å². The minimum Gasteiger partial charge on any atom is -0.494 e. The van der Waals surface area contributed by atoms with Crippen molar-refractivity contribution in [2.45, 2.75) is 31.9 Å². The van der Waals surface area contributed by atoms with Crippen molar-refractivity contribution in [3.63, 3.8) is 0 Å². The Kier molecular flexibility index (Phi) is 8.96. The SMILES string of the molecule is COc1cc(N2CCC(N3CCOCC3)CC2)ccc1Nc1ncc(-c2ccc(C#N)c(O[C@@H](C)CO)c2)cn1. The van der Waals surface area contributed by atoms with Crippen LogP contribution in [0.3, 0.4) is 0 Å². The third-order valence-corrected chi connectivity index (χ3v) is 7.50. The molecule has 0 bridgehead atoms. The molecule has 1 aromatic heterocycles. The second-order valence-electron chi connectivity index (χ2n) is 10.1. The number of hydrogen-bond donors (Lipinski definition) is 2. The zero-order valence-corrected chi connectivity index (χ0v) is 23.0. The van der Waals surface area contributed by atoms with Gasteiger partial charge in [-0.15, -0.1) is 0 Å². The largest absolute Gasteiger partial charge is 0.494 e. The molecule has 0 unspecified atom stereocenters. The van der Waals surface area contributed by atoms with E-state index in [1.807, 2.05) is 12.1 Å². The fourth-order valence-corrected chi connectivity index (χ4v) is 5.22. The van der Waals surface area contributed by atoms with Crippen LogP contribution in [0.4, 0.5) is 17.3 Å². The first-order chi connectivity index (χ1) is 19.6. The molecule has 0 amide bonds. The maximum absolute atomic E-state index is 9.39. The summed E-state index contributed by atoms with van der Waals surface area (Å²) in [6, 6.07) is 14.2. The van der Waals surface area contributed by atoms with Crippen molar-refractivity contribution in [1.29, 1.82) is 5.26 Å². The Hall–Kier alpha value is -3.91. The van der Waals surface area contributed by atoms with Crippen LogP contribution in [0.5, 0.6) is 11.5 Å². The minimum absolute atomic E-state index is 0.142. The van der Waals surface area contributed by atoms with Crippen molar-refractivity contribution in [3.8, 4) is 28.7 Å². The number of ether oxygens (including phenoxy) is 3. The van der Waals surface area contributed by atoms with Gasteiger partial charge in [-0.05, 0) is 49.6 Å². The average molecular weight is 545 g/mol. The van der Waals surface area contributed by atoms with Crippen molar-refractivity contribution >= 4 is 17.3 Å². The van der Waals surface area contributed by atoms with E-state index in [2.05, 4.69) is 43.3 Å². The Morgan fingerprint density at radius 2 is 1.80 bits per heavy atom. The predicted octanol–water partition coefficient (Wildman–Crippen LogP) is 3.83. The van der Waals surface area contributed by atoms with Gasteiger partial charge >= 0.3 is 0 Å². The highest BCUT2D eigenvalue weighted by molar-refractivity contribution is 5.70. The Morgan fingerprint density at radius 1 is 1.05 bits per heavy atom. The number of anilines is 3. The van der Waals surface area contributed by atoms with E-state index < -0.39 is 6.10 Å².